The van der Waals surface area contributed by atoms with Crippen LogP contribution in [0.5, 0.6) is 0 Å². The van der Waals surface area contributed by atoms with E-state index in [1.54, 1.807) is 25.1 Å². The molecule has 7 nitrogen and oxygen atoms in total. The highest BCUT2D eigenvalue weighted by atomic mass is 16.4. The molecule has 0 bridgehead atoms. The lowest BCUT2D eigenvalue weighted by Crippen LogP contribution is -2.45. The molecule has 1 aliphatic rings. The summed E-state index contributed by atoms with van der Waals surface area (Å²) in [6, 6.07) is 15.2. The van der Waals surface area contributed by atoms with Gasteiger partial charge in [0.2, 0.25) is 0 Å². The van der Waals surface area contributed by atoms with Crippen molar-refractivity contribution in [2.24, 2.45) is 5.92 Å². The molecule has 2 aromatic carbocycles. The molecular formula is C26H31N3O4. The normalized spacial score (nSPS) is 17.0. The highest BCUT2D eigenvalue weighted by Crippen LogP contribution is 2.48. The van der Waals surface area contributed by atoms with Crippen LogP contribution in [0.4, 0.5) is 11.4 Å². The van der Waals surface area contributed by atoms with Gasteiger partial charge in [0.05, 0.1) is 11.0 Å². The Balaban J connectivity index is 2.36. The Labute approximate surface area is 194 Å². The van der Waals surface area contributed by atoms with Crippen molar-refractivity contribution >= 4 is 23.3 Å². The molecule has 2 N–H and O–H groups in total. The number of carboxylic acid groups (broad SMARTS) is 2. The summed E-state index contributed by atoms with van der Waals surface area (Å²) >= 11 is 0. The van der Waals surface area contributed by atoms with Gasteiger partial charge in [0.1, 0.15) is 5.92 Å². The minimum absolute atomic E-state index is 0.136. The van der Waals surface area contributed by atoms with Crippen molar-refractivity contribution in [2.45, 2.75) is 5.41 Å². The largest absolute Gasteiger partial charge is 0.481 e. The smallest absolute Gasteiger partial charge is 0.334 e. The molecule has 3 rings (SSSR count). The third-order valence-electron chi connectivity index (χ3n) is 6.21. The maximum Gasteiger partial charge on any atom is 0.334 e. The Morgan fingerprint density at radius 3 is 1.45 bits per heavy atom. The lowest BCUT2D eigenvalue weighted by Gasteiger charge is -2.41. The van der Waals surface area contributed by atoms with Gasteiger partial charge in [0.15, 0.2) is 0 Å². The van der Waals surface area contributed by atoms with Crippen molar-refractivity contribution in [2.75, 3.05) is 52.1 Å². The summed E-state index contributed by atoms with van der Waals surface area (Å²) in [5.74, 6) is -3.76. The number of carbonyl (C=O) groups is 2. The zero-order valence-corrected chi connectivity index (χ0v) is 19.9. The predicted octanol–water partition coefficient (Wildman–Crippen LogP) is 3.28. The summed E-state index contributed by atoms with van der Waals surface area (Å²) in [4.78, 5) is 30.8. The van der Waals surface area contributed by atoms with Crippen LogP contribution in [0.1, 0.15) is 11.1 Å². The number of anilines is 2. The molecule has 0 aliphatic heterocycles. The molecule has 0 spiro atoms. The number of likely N-dealkylation sites (N-methyl/N-ethyl adjacent to an activating group) is 1. The van der Waals surface area contributed by atoms with E-state index in [9.17, 15) is 19.8 Å². The molecule has 174 valence electrons. The number of benzene rings is 2. The van der Waals surface area contributed by atoms with Gasteiger partial charge in [-0.2, -0.15) is 0 Å². The highest BCUT2D eigenvalue weighted by molar-refractivity contribution is 5.97. The van der Waals surface area contributed by atoms with Gasteiger partial charge in [-0.25, -0.2) is 4.79 Å². The van der Waals surface area contributed by atoms with E-state index < -0.39 is 23.3 Å². The van der Waals surface area contributed by atoms with Crippen LogP contribution in [0.15, 0.2) is 72.0 Å². The van der Waals surface area contributed by atoms with Gasteiger partial charge in [-0.1, -0.05) is 30.3 Å². The molecule has 1 aliphatic carbocycles. The molecule has 0 radical (unpaired) electrons. The molecule has 0 aromatic heterocycles. The van der Waals surface area contributed by atoms with E-state index in [0.717, 1.165) is 11.4 Å². The van der Waals surface area contributed by atoms with E-state index in [2.05, 4.69) is 0 Å². The minimum Gasteiger partial charge on any atom is -0.481 e. The summed E-state index contributed by atoms with van der Waals surface area (Å²) in [7, 11) is 11.2. The Hall–Kier alpha value is -3.74. The molecule has 7 heteroatoms. The molecule has 1 atom stereocenters. The number of carboxylic acids is 2. The van der Waals surface area contributed by atoms with E-state index in [4.69, 9.17) is 0 Å². The van der Waals surface area contributed by atoms with Crippen molar-refractivity contribution in [3.8, 4) is 0 Å². The van der Waals surface area contributed by atoms with E-state index in [1.807, 2.05) is 92.6 Å². The zero-order chi connectivity index (χ0) is 24.5. The number of hydrogen-bond donors (Lipinski definition) is 2. The number of allylic oxidation sites excluding steroid dienone is 2. The molecule has 1 unspecified atom stereocenters. The molecule has 0 amide bonds. The Bertz CT molecular complexity index is 1050. The molecular weight excluding hydrogens is 418 g/mol. The SMILES string of the molecule is CN(C)C1=C(C(=O)O)C(C(=O)O)C(c2ccc(N(C)C)cc2)(c2ccc(N(C)C)cc2)C=C1. The number of rotatable bonds is 7. The lowest BCUT2D eigenvalue weighted by molar-refractivity contribution is -0.145. The van der Waals surface area contributed by atoms with Crippen LogP contribution >= 0.6 is 0 Å². The fourth-order valence-corrected chi connectivity index (χ4v) is 4.48. The monoisotopic (exact) mass is 449 g/mol. The Kier molecular flexibility index (Phi) is 6.53. The summed E-state index contributed by atoms with van der Waals surface area (Å²) < 4.78 is 0. The van der Waals surface area contributed by atoms with Gasteiger partial charge < -0.3 is 24.9 Å². The third kappa shape index (κ3) is 4.18. The quantitative estimate of drug-likeness (QED) is 0.671. The first kappa shape index (κ1) is 23.9. The Morgan fingerprint density at radius 2 is 1.15 bits per heavy atom. The van der Waals surface area contributed by atoms with Crippen molar-refractivity contribution < 1.29 is 19.8 Å². The van der Waals surface area contributed by atoms with Crippen LogP contribution in [-0.2, 0) is 15.0 Å². The average Bonchev–Trinajstić information content (AvgIpc) is 2.77. The van der Waals surface area contributed by atoms with Gasteiger partial charge in [0.25, 0.3) is 0 Å². The van der Waals surface area contributed by atoms with Crippen LogP contribution in [0.25, 0.3) is 0 Å². The second-order valence-corrected chi connectivity index (χ2v) is 8.85. The minimum atomic E-state index is -1.33. The maximum atomic E-state index is 12.8. The topological polar surface area (TPSA) is 84.3 Å². The molecule has 0 saturated carbocycles. The maximum absolute atomic E-state index is 12.8. The fourth-order valence-electron chi connectivity index (χ4n) is 4.48. The van der Waals surface area contributed by atoms with Gasteiger partial charge in [0, 0.05) is 59.4 Å². The van der Waals surface area contributed by atoms with E-state index in [1.165, 1.54) is 0 Å². The van der Waals surface area contributed by atoms with Gasteiger partial charge in [-0.3, -0.25) is 4.79 Å². The van der Waals surface area contributed by atoms with Crippen molar-refractivity contribution in [3.63, 3.8) is 0 Å². The van der Waals surface area contributed by atoms with Crippen LogP contribution in [0, 0.1) is 5.92 Å². The number of nitrogens with zero attached hydrogens (tertiary/aromatic N) is 3. The highest BCUT2D eigenvalue weighted by Gasteiger charge is 2.51. The van der Waals surface area contributed by atoms with Gasteiger partial charge in [-0.05, 0) is 41.5 Å². The summed E-state index contributed by atoms with van der Waals surface area (Å²) in [6.07, 6.45) is 3.56. The van der Waals surface area contributed by atoms with Crippen molar-refractivity contribution in [3.05, 3.63) is 83.1 Å². The van der Waals surface area contributed by atoms with Crippen molar-refractivity contribution in [1.82, 2.24) is 4.90 Å². The van der Waals surface area contributed by atoms with E-state index >= 15 is 0 Å². The number of hydrogen-bond acceptors (Lipinski definition) is 5. The predicted molar refractivity (Wildman–Crippen MR) is 131 cm³/mol. The lowest BCUT2D eigenvalue weighted by atomic mass is 9.61. The average molecular weight is 450 g/mol. The van der Waals surface area contributed by atoms with Gasteiger partial charge >= 0.3 is 11.9 Å². The fraction of sp³-hybridized carbons (Fsp3) is 0.308. The Morgan fingerprint density at radius 1 is 0.727 bits per heavy atom. The standard InChI is InChI=1S/C26H31N3O4/c1-27(2)19-11-7-17(8-12-19)26(18-9-13-20(14-10-18)28(3)4)16-15-21(29(5)6)22(24(30)31)23(26)25(32)33/h7-16,23H,1-6H3,(H,30,31)(H,32,33). The molecule has 2 aromatic rings. The summed E-state index contributed by atoms with van der Waals surface area (Å²) in [5, 5.41) is 20.6. The molecule has 0 saturated heterocycles. The first-order valence-corrected chi connectivity index (χ1v) is 10.6. The van der Waals surface area contributed by atoms with E-state index in [-0.39, 0.29) is 5.57 Å². The second kappa shape index (κ2) is 9.02. The zero-order valence-electron chi connectivity index (χ0n) is 19.9. The van der Waals surface area contributed by atoms with Crippen LogP contribution < -0.4 is 9.80 Å². The first-order chi connectivity index (χ1) is 15.5. The van der Waals surface area contributed by atoms with Crippen LogP contribution in [-0.4, -0.2) is 69.3 Å². The first-order valence-electron chi connectivity index (χ1n) is 10.6. The van der Waals surface area contributed by atoms with Crippen LogP contribution in [0.2, 0.25) is 0 Å². The summed E-state index contributed by atoms with van der Waals surface area (Å²) in [5.41, 5.74) is 2.40. The second-order valence-electron chi connectivity index (χ2n) is 8.85. The van der Waals surface area contributed by atoms with E-state index in [0.29, 0.717) is 16.8 Å². The van der Waals surface area contributed by atoms with Crippen LogP contribution in [0.3, 0.4) is 0 Å². The summed E-state index contributed by atoms with van der Waals surface area (Å²) in [6.45, 7) is 0. The molecule has 0 fully saturated rings. The van der Waals surface area contributed by atoms with Crippen molar-refractivity contribution in [1.29, 1.82) is 0 Å². The third-order valence-corrected chi connectivity index (χ3v) is 6.21. The number of aliphatic carboxylic acids is 2. The van der Waals surface area contributed by atoms with Gasteiger partial charge in [-0.15, -0.1) is 0 Å². The molecule has 33 heavy (non-hydrogen) atoms. The molecule has 0 heterocycles.